The van der Waals surface area contributed by atoms with Gasteiger partial charge in [-0.15, -0.1) is 0 Å². The Labute approximate surface area is 197 Å². The number of aromatic nitrogens is 2. The van der Waals surface area contributed by atoms with Crippen molar-refractivity contribution in [2.45, 2.75) is 38.4 Å². The van der Waals surface area contributed by atoms with Gasteiger partial charge in [-0.1, -0.05) is 6.07 Å². The van der Waals surface area contributed by atoms with E-state index in [1.807, 2.05) is 6.92 Å². The molecule has 2 bridgehead atoms. The Morgan fingerprint density at radius 1 is 1.29 bits per heavy atom. The summed E-state index contributed by atoms with van der Waals surface area (Å²) in [4.78, 5) is 26.2. The first-order chi connectivity index (χ1) is 16.3. The summed E-state index contributed by atoms with van der Waals surface area (Å²) in [5.74, 6) is 0.242. The van der Waals surface area contributed by atoms with Crippen LogP contribution >= 0.6 is 0 Å². The molecule has 1 aliphatic carbocycles. The summed E-state index contributed by atoms with van der Waals surface area (Å²) in [6, 6.07) is 4.21. The highest BCUT2D eigenvalue weighted by Crippen LogP contribution is 2.40. The molecule has 2 aromatic rings. The highest BCUT2D eigenvalue weighted by molar-refractivity contribution is 5.69. The maximum absolute atomic E-state index is 14.4. The smallest absolute Gasteiger partial charge is 0.410 e. The van der Waals surface area contributed by atoms with Crippen molar-refractivity contribution in [1.29, 1.82) is 0 Å². The molecule has 1 saturated carbocycles. The number of fused-ring (bicyclic) bond motifs is 2. The number of anilines is 2. The molecule has 10 heteroatoms. The average Bonchev–Trinajstić information content (AvgIpc) is 3.53. The van der Waals surface area contributed by atoms with Crippen molar-refractivity contribution >= 4 is 23.3 Å². The third-order valence-electron chi connectivity index (χ3n) is 6.67. The number of piperidine rings is 1. The van der Waals surface area contributed by atoms with Crippen LogP contribution in [0.5, 0.6) is 5.88 Å². The van der Waals surface area contributed by atoms with Crippen LogP contribution in [0.4, 0.5) is 26.4 Å². The molecule has 0 spiro atoms. The van der Waals surface area contributed by atoms with Crippen molar-refractivity contribution in [3.05, 3.63) is 47.3 Å². The summed E-state index contributed by atoms with van der Waals surface area (Å²) >= 11 is 0. The van der Waals surface area contributed by atoms with Crippen LogP contribution in [-0.4, -0.2) is 59.0 Å². The van der Waals surface area contributed by atoms with E-state index >= 15 is 0 Å². The molecule has 2 saturated heterocycles. The Morgan fingerprint density at radius 3 is 2.68 bits per heavy atom. The molecule has 1 amide bonds. The lowest BCUT2D eigenvalue weighted by Gasteiger charge is -2.46. The molecule has 9 nitrogen and oxygen atoms in total. The summed E-state index contributed by atoms with van der Waals surface area (Å²) in [5, 5.41) is 2.97. The molecular formula is C24H26FN5O4. The van der Waals surface area contributed by atoms with E-state index < -0.39 is 5.82 Å². The quantitative estimate of drug-likeness (QED) is 0.658. The van der Waals surface area contributed by atoms with Gasteiger partial charge in [0.2, 0.25) is 5.88 Å². The number of carbonyl (C=O) groups is 1. The normalized spacial score (nSPS) is 24.6. The zero-order valence-corrected chi connectivity index (χ0v) is 19.1. The van der Waals surface area contributed by atoms with Crippen LogP contribution in [0.15, 0.2) is 24.5 Å². The molecule has 3 heterocycles. The zero-order chi connectivity index (χ0) is 23.9. The van der Waals surface area contributed by atoms with Gasteiger partial charge in [0.1, 0.15) is 29.7 Å². The van der Waals surface area contributed by atoms with Gasteiger partial charge in [0, 0.05) is 24.9 Å². The van der Waals surface area contributed by atoms with Crippen LogP contribution in [0.1, 0.15) is 25.3 Å². The highest BCUT2D eigenvalue weighted by Gasteiger charge is 2.47. The van der Waals surface area contributed by atoms with Crippen LogP contribution in [0.2, 0.25) is 0 Å². The van der Waals surface area contributed by atoms with Gasteiger partial charge in [-0.25, -0.2) is 24.0 Å². The topological polar surface area (TPSA) is 90.2 Å². The second-order valence-corrected chi connectivity index (χ2v) is 9.42. The van der Waals surface area contributed by atoms with Gasteiger partial charge >= 0.3 is 6.09 Å². The first-order valence-electron chi connectivity index (χ1n) is 11.3. The van der Waals surface area contributed by atoms with Gasteiger partial charge in [0.05, 0.1) is 31.0 Å². The number of hydrogen-bond donors (Lipinski definition) is 1. The van der Waals surface area contributed by atoms with E-state index in [0.29, 0.717) is 43.6 Å². The number of rotatable bonds is 5. The molecule has 1 N–H and O–H groups in total. The number of hydrogen-bond acceptors (Lipinski definition) is 7. The van der Waals surface area contributed by atoms with Gasteiger partial charge in [0.15, 0.2) is 5.69 Å². The Morgan fingerprint density at radius 2 is 2.03 bits per heavy atom. The second kappa shape index (κ2) is 8.72. The van der Waals surface area contributed by atoms with E-state index in [4.69, 9.17) is 20.8 Å². The number of likely N-dealkylation sites (tertiary alicyclic amines) is 1. The predicted molar refractivity (Wildman–Crippen MR) is 121 cm³/mol. The minimum atomic E-state index is -0.542. The second-order valence-electron chi connectivity index (χ2n) is 9.42. The fourth-order valence-corrected chi connectivity index (χ4v) is 4.40. The maximum atomic E-state index is 14.4. The molecule has 34 heavy (non-hydrogen) atoms. The SMILES string of the molecule is [C-]#[N+]c1ccc(Nc2ncnc(OC3C4COCC3CN(C(=O)OC3(C)CC3)C4)c2C)c(F)c1. The molecule has 1 aromatic heterocycles. The van der Waals surface area contributed by atoms with Crippen LogP contribution in [-0.2, 0) is 9.47 Å². The standard InChI is InChI=1S/C24H26FN5O4/c1-14-21(29-19-5-4-17(26-3)8-18(19)25)27-13-28-22(14)33-20-15-9-30(10-16(20)12-32-11-15)23(31)34-24(2)6-7-24/h4-5,8,13,15-16,20H,6-7,9-12H2,1-2H3,(H,27,28,29). The van der Waals surface area contributed by atoms with Crippen LogP contribution in [0.3, 0.4) is 0 Å². The molecular weight excluding hydrogens is 441 g/mol. The lowest BCUT2D eigenvalue weighted by atomic mass is 9.84. The van der Waals surface area contributed by atoms with Gasteiger partial charge in [-0.2, -0.15) is 0 Å². The summed E-state index contributed by atoms with van der Waals surface area (Å²) in [7, 11) is 0. The van der Waals surface area contributed by atoms with Crippen molar-refractivity contribution in [3.63, 3.8) is 0 Å². The first-order valence-corrected chi connectivity index (χ1v) is 11.3. The molecule has 3 aliphatic rings. The highest BCUT2D eigenvalue weighted by atomic mass is 19.1. The molecule has 1 aromatic carbocycles. The van der Waals surface area contributed by atoms with E-state index in [0.717, 1.165) is 12.8 Å². The van der Waals surface area contributed by atoms with Gasteiger partial charge < -0.3 is 24.4 Å². The molecule has 178 valence electrons. The number of halogens is 1. The predicted octanol–water partition coefficient (Wildman–Crippen LogP) is 4.23. The average molecular weight is 468 g/mol. The van der Waals surface area contributed by atoms with Crippen LogP contribution in [0.25, 0.3) is 4.85 Å². The third-order valence-corrected chi connectivity index (χ3v) is 6.67. The molecule has 2 unspecified atom stereocenters. The first kappa shape index (κ1) is 22.3. The van der Waals surface area contributed by atoms with Crippen LogP contribution in [0, 0.1) is 31.1 Å². The van der Waals surface area contributed by atoms with E-state index in [2.05, 4.69) is 20.1 Å². The number of amides is 1. The third kappa shape index (κ3) is 4.48. The molecule has 5 rings (SSSR count). The van der Waals surface area contributed by atoms with Gasteiger partial charge in [-0.3, -0.25) is 0 Å². The van der Waals surface area contributed by atoms with E-state index in [9.17, 15) is 9.18 Å². The minimum Gasteiger partial charge on any atom is -0.473 e. The summed E-state index contributed by atoms with van der Waals surface area (Å²) in [6.45, 7) is 12.7. The van der Waals surface area contributed by atoms with Crippen molar-refractivity contribution in [2.75, 3.05) is 31.6 Å². The zero-order valence-electron chi connectivity index (χ0n) is 19.1. The summed E-state index contributed by atoms with van der Waals surface area (Å²) < 4.78 is 32.1. The Balaban J connectivity index is 1.30. The van der Waals surface area contributed by atoms with Gasteiger partial charge in [-0.05, 0) is 38.8 Å². The van der Waals surface area contributed by atoms with Crippen LogP contribution < -0.4 is 10.1 Å². The largest absolute Gasteiger partial charge is 0.473 e. The molecule has 0 radical (unpaired) electrons. The minimum absolute atomic E-state index is 0.0172. The van der Waals surface area contributed by atoms with E-state index in [-0.39, 0.29) is 41.0 Å². The fraction of sp³-hybridized carbons (Fsp3) is 0.500. The van der Waals surface area contributed by atoms with Crippen molar-refractivity contribution < 1.29 is 23.4 Å². The van der Waals surface area contributed by atoms with E-state index in [1.165, 1.54) is 24.5 Å². The number of benzene rings is 1. The van der Waals surface area contributed by atoms with Crippen molar-refractivity contribution in [1.82, 2.24) is 14.9 Å². The number of nitrogens with zero attached hydrogens (tertiary/aromatic N) is 4. The van der Waals surface area contributed by atoms with Crippen molar-refractivity contribution in [3.8, 4) is 5.88 Å². The Kier molecular flexibility index (Phi) is 5.73. The number of nitrogens with one attached hydrogen (secondary N) is 1. The van der Waals surface area contributed by atoms with Gasteiger partial charge in [0.25, 0.3) is 0 Å². The summed E-state index contributed by atoms with van der Waals surface area (Å²) in [6.07, 6.45) is 2.73. The number of ether oxygens (including phenoxy) is 3. The lowest BCUT2D eigenvalue weighted by molar-refractivity contribution is -0.111. The summed E-state index contributed by atoms with van der Waals surface area (Å²) in [5.41, 5.74) is 0.759. The molecule has 2 aliphatic heterocycles. The monoisotopic (exact) mass is 467 g/mol. The fourth-order valence-electron chi connectivity index (χ4n) is 4.40. The number of carbonyl (C=O) groups excluding carboxylic acids is 1. The molecule has 2 atom stereocenters. The maximum Gasteiger partial charge on any atom is 0.410 e. The van der Waals surface area contributed by atoms with E-state index in [1.54, 1.807) is 11.8 Å². The lowest BCUT2D eigenvalue weighted by Crippen LogP contribution is -2.59. The molecule has 3 fully saturated rings. The Hall–Kier alpha value is -3.45. The Bertz CT molecular complexity index is 1130. The van der Waals surface area contributed by atoms with Crippen molar-refractivity contribution in [2.24, 2.45) is 11.8 Å².